The summed E-state index contributed by atoms with van der Waals surface area (Å²) in [6.07, 6.45) is 3.76. The topological polar surface area (TPSA) is 33.5 Å². The second kappa shape index (κ2) is 6.34. The van der Waals surface area contributed by atoms with Gasteiger partial charge in [0.2, 0.25) is 0 Å². The Kier molecular flexibility index (Phi) is 4.19. The van der Waals surface area contributed by atoms with Crippen LogP contribution in [0, 0.1) is 19.8 Å². The van der Waals surface area contributed by atoms with Crippen LogP contribution in [0.2, 0.25) is 0 Å². The van der Waals surface area contributed by atoms with Gasteiger partial charge in [0.25, 0.3) is 5.91 Å². The Balaban J connectivity index is 1.47. The van der Waals surface area contributed by atoms with E-state index in [2.05, 4.69) is 36.7 Å². The third kappa shape index (κ3) is 3.26. The molecule has 1 saturated carbocycles. The Hall–Kier alpha value is -1.65. The van der Waals surface area contributed by atoms with Crippen LogP contribution in [-0.2, 0) is 11.2 Å². The molecule has 2 aliphatic rings. The van der Waals surface area contributed by atoms with Gasteiger partial charge in [-0.15, -0.1) is 11.3 Å². The van der Waals surface area contributed by atoms with Crippen LogP contribution in [0.25, 0.3) is 0 Å². The smallest absolute Gasteiger partial charge is 0.279 e. The summed E-state index contributed by atoms with van der Waals surface area (Å²) >= 11 is 1.89. The van der Waals surface area contributed by atoms with E-state index in [1.807, 2.05) is 23.5 Å². The number of aryl methyl sites for hydroxylation is 2. The number of nitrogens with one attached hydrogen (secondary N) is 2. The molecule has 1 aliphatic carbocycles. The molecular formula is C20H25N2OS+. The number of benzene rings is 1. The first kappa shape index (κ1) is 15.9. The molecule has 1 amide bonds. The lowest BCUT2D eigenvalue weighted by molar-refractivity contribution is -0.928. The zero-order valence-electron chi connectivity index (χ0n) is 14.4. The average molecular weight is 342 g/mol. The number of anilines is 1. The molecule has 24 heavy (non-hydrogen) atoms. The second-order valence-corrected chi connectivity index (χ2v) is 8.37. The van der Waals surface area contributed by atoms with E-state index < -0.39 is 0 Å². The van der Waals surface area contributed by atoms with Crippen molar-refractivity contribution in [2.45, 2.75) is 39.2 Å². The van der Waals surface area contributed by atoms with E-state index >= 15 is 0 Å². The molecule has 1 unspecified atom stereocenters. The Labute approximate surface area is 147 Å². The zero-order chi connectivity index (χ0) is 16.7. The van der Waals surface area contributed by atoms with Crippen LogP contribution in [-0.4, -0.2) is 19.0 Å². The van der Waals surface area contributed by atoms with Crippen molar-refractivity contribution in [1.82, 2.24) is 0 Å². The minimum atomic E-state index is 0.138. The van der Waals surface area contributed by atoms with E-state index in [1.54, 1.807) is 4.88 Å². The monoisotopic (exact) mass is 341 g/mol. The Morgan fingerprint density at radius 1 is 1.25 bits per heavy atom. The highest BCUT2D eigenvalue weighted by molar-refractivity contribution is 7.10. The molecular weight excluding hydrogens is 316 g/mol. The SMILES string of the molecule is Cc1cc(C)cc(NC(=O)C[NH+]2CCc3sccc3[C@@H]2C2CC2)c1. The first-order valence-electron chi connectivity index (χ1n) is 8.89. The number of hydrogen-bond donors (Lipinski definition) is 2. The number of carbonyl (C=O) groups excluding carboxylic acids is 1. The number of fused-ring (bicyclic) bond motifs is 1. The predicted octanol–water partition coefficient (Wildman–Crippen LogP) is 2.90. The third-order valence-corrected chi connectivity index (χ3v) is 6.21. The van der Waals surface area contributed by atoms with E-state index in [0.29, 0.717) is 12.6 Å². The minimum Gasteiger partial charge on any atom is -0.321 e. The molecule has 2 N–H and O–H groups in total. The van der Waals surface area contributed by atoms with Gasteiger partial charge >= 0.3 is 0 Å². The van der Waals surface area contributed by atoms with E-state index in [1.165, 1.54) is 34.4 Å². The third-order valence-electron chi connectivity index (χ3n) is 5.21. The lowest BCUT2D eigenvalue weighted by Gasteiger charge is -2.32. The first-order chi connectivity index (χ1) is 11.6. The number of quaternary nitrogens is 1. The molecule has 0 saturated heterocycles. The van der Waals surface area contributed by atoms with Gasteiger partial charge in [0, 0.05) is 28.5 Å². The number of rotatable bonds is 4. The summed E-state index contributed by atoms with van der Waals surface area (Å²) in [4.78, 5) is 15.6. The highest BCUT2D eigenvalue weighted by Gasteiger charge is 2.43. The largest absolute Gasteiger partial charge is 0.321 e. The molecule has 2 aromatic rings. The second-order valence-electron chi connectivity index (χ2n) is 7.37. The lowest BCUT2D eigenvalue weighted by atomic mass is 9.96. The van der Waals surface area contributed by atoms with Crippen molar-refractivity contribution in [2.24, 2.45) is 5.92 Å². The van der Waals surface area contributed by atoms with Crippen molar-refractivity contribution >= 4 is 22.9 Å². The Morgan fingerprint density at radius 3 is 2.71 bits per heavy atom. The molecule has 1 aromatic carbocycles. The molecule has 0 bridgehead atoms. The molecule has 1 aromatic heterocycles. The van der Waals surface area contributed by atoms with Gasteiger partial charge in [-0.25, -0.2) is 0 Å². The molecule has 0 spiro atoms. The molecule has 4 rings (SSSR count). The van der Waals surface area contributed by atoms with Gasteiger partial charge in [-0.05, 0) is 61.4 Å². The van der Waals surface area contributed by atoms with Crippen molar-refractivity contribution in [3.05, 3.63) is 51.2 Å². The Bertz CT molecular complexity index is 742. The molecule has 1 fully saturated rings. The van der Waals surface area contributed by atoms with Gasteiger partial charge < -0.3 is 10.2 Å². The highest BCUT2D eigenvalue weighted by Crippen LogP contribution is 2.42. The van der Waals surface area contributed by atoms with Crippen LogP contribution in [0.1, 0.15) is 40.5 Å². The molecule has 1 aliphatic heterocycles. The van der Waals surface area contributed by atoms with Crippen LogP contribution < -0.4 is 10.2 Å². The summed E-state index contributed by atoms with van der Waals surface area (Å²) in [5.41, 5.74) is 4.82. The minimum absolute atomic E-state index is 0.138. The fourth-order valence-electron chi connectivity index (χ4n) is 4.15. The van der Waals surface area contributed by atoms with Crippen molar-refractivity contribution in [1.29, 1.82) is 0 Å². The van der Waals surface area contributed by atoms with Crippen molar-refractivity contribution in [3.63, 3.8) is 0 Å². The van der Waals surface area contributed by atoms with Gasteiger partial charge in [-0.2, -0.15) is 0 Å². The van der Waals surface area contributed by atoms with Crippen molar-refractivity contribution in [2.75, 3.05) is 18.4 Å². The molecule has 3 nitrogen and oxygen atoms in total. The number of carbonyl (C=O) groups is 1. The Morgan fingerprint density at radius 2 is 2.00 bits per heavy atom. The predicted molar refractivity (Wildman–Crippen MR) is 98.7 cm³/mol. The average Bonchev–Trinajstić information content (AvgIpc) is 3.22. The van der Waals surface area contributed by atoms with Crippen LogP contribution in [0.5, 0.6) is 0 Å². The van der Waals surface area contributed by atoms with Crippen LogP contribution >= 0.6 is 11.3 Å². The maximum atomic E-state index is 12.6. The van der Waals surface area contributed by atoms with Crippen LogP contribution in [0.15, 0.2) is 29.6 Å². The number of hydrogen-bond acceptors (Lipinski definition) is 2. The molecule has 2 atom stereocenters. The lowest BCUT2D eigenvalue weighted by Crippen LogP contribution is -3.14. The van der Waals surface area contributed by atoms with E-state index in [-0.39, 0.29) is 5.91 Å². The number of thiophene rings is 1. The van der Waals surface area contributed by atoms with E-state index in [4.69, 9.17) is 0 Å². The molecule has 4 heteroatoms. The molecule has 0 radical (unpaired) electrons. The fraction of sp³-hybridized carbons (Fsp3) is 0.450. The quantitative estimate of drug-likeness (QED) is 0.881. The summed E-state index contributed by atoms with van der Waals surface area (Å²) in [6.45, 7) is 5.79. The highest BCUT2D eigenvalue weighted by atomic mass is 32.1. The summed E-state index contributed by atoms with van der Waals surface area (Å²) in [6, 6.07) is 9.05. The van der Waals surface area contributed by atoms with E-state index in [9.17, 15) is 4.79 Å². The van der Waals surface area contributed by atoms with Crippen LogP contribution in [0.4, 0.5) is 5.69 Å². The van der Waals surface area contributed by atoms with Crippen molar-refractivity contribution in [3.8, 4) is 0 Å². The first-order valence-corrected chi connectivity index (χ1v) is 9.77. The summed E-state index contributed by atoms with van der Waals surface area (Å²) < 4.78 is 0. The summed E-state index contributed by atoms with van der Waals surface area (Å²) in [7, 11) is 0. The van der Waals surface area contributed by atoms with E-state index in [0.717, 1.165) is 24.6 Å². The van der Waals surface area contributed by atoms with Gasteiger partial charge in [0.15, 0.2) is 6.54 Å². The molecule has 2 heterocycles. The molecule has 126 valence electrons. The number of amides is 1. The van der Waals surface area contributed by atoms with Crippen molar-refractivity contribution < 1.29 is 9.69 Å². The maximum absolute atomic E-state index is 12.6. The summed E-state index contributed by atoms with van der Waals surface area (Å²) in [5, 5.41) is 5.33. The normalized spacial score (nSPS) is 22.9. The van der Waals surface area contributed by atoms with Gasteiger partial charge in [0.05, 0.1) is 6.54 Å². The van der Waals surface area contributed by atoms with Gasteiger partial charge in [0.1, 0.15) is 6.04 Å². The zero-order valence-corrected chi connectivity index (χ0v) is 15.2. The summed E-state index contributed by atoms with van der Waals surface area (Å²) in [5.74, 6) is 0.919. The van der Waals surface area contributed by atoms with Gasteiger partial charge in [-0.3, -0.25) is 4.79 Å². The maximum Gasteiger partial charge on any atom is 0.279 e. The standard InChI is InChI=1S/C20H24N2OS/c1-13-9-14(2)11-16(10-13)21-19(23)12-22-7-5-18-17(6-8-24-18)20(22)15-3-4-15/h6,8-11,15,20H,3-5,7,12H2,1-2H3,(H,21,23)/p+1/t20-/m0/s1. The van der Waals surface area contributed by atoms with Gasteiger partial charge in [-0.1, -0.05) is 6.07 Å². The fourth-order valence-corrected chi connectivity index (χ4v) is 5.08. The van der Waals surface area contributed by atoms with Crippen LogP contribution in [0.3, 0.4) is 0 Å².